The van der Waals surface area contributed by atoms with Crippen LogP contribution in [0.3, 0.4) is 0 Å². The maximum absolute atomic E-state index is 5.23. The Morgan fingerprint density at radius 1 is 1.04 bits per heavy atom. The number of hydrogen-bond acceptors (Lipinski definition) is 4. The van der Waals surface area contributed by atoms with Gasteiger partial charge in [0.15, 0.2) is 0 Å². The van der Waals surface area contributed by atoms with Gasteiger partial charge in [-0.05, 0) is 54.1 Å². The minimum atomic E-state index is 0.914. The van der Waals surface area contributed by atoms with E-state index in [1.807, 2.05) is 34.7 Å². The molecule has 0 unspecified atom stereocenters. The standard InChI is InChI=1S/C19H22OS3/c1-15-8-9-17(12-16(15)2)14-23-22-11-5-10-21-19-7-4-6-18(13-19)20-3/h4-9,11-13H,10,14H2,1-3H3/b11-5+. The third-order valence-electron chi connectivity index (χ3n) is 3.40. The van der Waals surface area contributed by atoms with E-state index in [1.54, 1.807) is 17.9 Å². The Hall–Kier alpha value is -0.970. The average Bonchev–Trinajstić information content (AvgIpc) is 2.57. The summed E-state index contributed by atoms with van der Waals surface area (Å²) in [4.78, 5) is 1.24. The summed E-state index contributed by atoms with van der Waals surface area (Å²) in [5.41, 5.74) is 4.13. The molecule has 0 atom stereocenters. The molecule has 0 fully saturated rings. The maximum atomic E-state index is 5.23. The van der Waals surface area contributed by atoms with Gasteiger partial charge in [0.2, 0.25) is 0 Å². The lowest BCUT2D eigenvalue weighted by atomic mass is 10.1. The molecule has 2 aromatic rings. The topological polar surface area (TPSA) is 9.23 Å². The highest BCUT2D eigenvalue weighted by molar-refractivity contribution is 8.77. The molecule has 0 heterocycles. The molecule has 2 rings (SSSR count). The highest BCUT2D eigenvalue weighted by Crippen LogP contribution is 2.28. The van der Waals surface area contributed by atoms with Crippen molar-refractivity contribution in [2.45, 2.75) is 24.5 Å². The monoisotopic (exact) mass is 362 g/mol. The fourth-order valence-corrected chi connectivity index (χ4v) is 4.55. The lowest BCUT2D eigenvalue weighted by molar-refractivity contribution is 0.413. The van der Waals surface area contributed by atoms with E-state index in [0.29, 0.717) is 0 Å². The summed E-state index contributed by atoms with van der Waals surface area (Å²) in [5, 5.41) is 2.18. The van der Waals surface area contributed by atoms with Crippen molar-refractivity contribution in [3.05, 3.63) is 70.6 Å². The fraction of sp³-hybridized carbons (Fsp3) is 0.263. The van der Waals surface area contributed by atoms with Crippen molar-refractivity contribution in [3.63, 3.8) is 0 Å². The van der Waals surface area contributed by atoms with Crippen LogP contribution >= 0.6 is 33.3 Å². The molecule has 0 spiro atoms. The first kappa shape index (κ1) is 18.4. The van der Waals surface area contributed by atoms with Crippen molar-refractivity contribution < 1.29 is 4.74 Å². The van der Waals surface area contributed by atoms with Gasteiger partial charge in [-0.25, -0.2) is 0 Å². The molecule has 0 aliphatic carbocycles. The first-order valence-electron chi connectivity index (χ1n) is 7.45. The molecule has 0 aliphatic rings. The quantitative estimate of drug-likeness (QED) is 0.301. The van der Waals surface area contributed by atoms with E-state index in [0.717, 1.165) is 17.3 Å². The minimum absolute atomic E-state index is 0.914. The predicted octanol–water partition coefficient (Wildman–Crippen LogP) is 6.50. The van der Waals surface area contributed by atoms with E-state index >= 15 is 0 Å². The van der Waals surface area contributed by atoms with Crippen LogP contribution in [0, 0.1) is 13.8 Å². The maximum Gasteiger partial charge on any atom is 0.119 e. The number of methoxy groups -OCH3 is 1. The van der Waals surface area contributed by atoms with E-state index in [-0.39, 0.29) is 0 Å². The molecule has 0 aliphatic heterocycles. The Bertz CT molecular complexity index is 653. The second-order valence-corrected chi connectivity index (χ2v) is 8.51. The molecule has 1 nitrogen and oxygen atoms in total. The van der Waals surface area contributed by atoms with E-state index in [4.69, 9.17) is 4.74 Å². The number of thioether (sulfide) groups is 1. The van der Waals surface area contributed by atoms with Gasteiger partial charge in [0.25, 0.3) is 0 Å². The summed E-state index contributed by atoms with van der Waals surface area (Å²) in [5.74, 6) is 2.93. The Morgan fingerprint density at radius 2 is 1.91 bits per heavy atom. The van der Waals surface area contributed by atoms with Crippen LogP contribution in [0.2, 0.25) is 0 Å². The van der Waals surface area contributed by atoms with Crippen LogP contribution in [0.15, 0.2) is 58.8 Å². The highest BCUT2D eigenvalue weighted by Gasteiger charge is 1.97. The summed E-state index contributed by atoms with van der Waals surface area (Å²) in [6, 6.07) is 14.9. The molecular formula is C19H22OS3. The summed E-state index contributed by atoms with van der Waals surface area (Å²) in [6.07, 6.45) is 2.21. The molecule has 0 radical (unpaired) electrons. The van der Waals surface area contributed by atoms with Crippen molar-refractivity contribution in [2.75, 3.05) is 12.9 Å². The average molecular weight is 363 g/mol. The lowest BCUT2D eigenvalue weighted by Gasteiger charge is -2.04. The number of rotatable bonds is 8. The van der Waals surface area contributed by atoms with Gasteiger partial charge in [-0.1, -0.05) is 51.9 Å². The first-order valence-corrected chi connectivity index (χ1v) is 10.8. The second kappa shape index (κ2) is 10.0. The van der Waals surface area contributed by atoms with E-state index in [2.05, 4.69) is 55.7 Å². The van der Waals surface area contributed by atoms with Crippen LogP contribution in [0.4, 0.5) is 0 Å². The van der Waals surface area contributed by atoms with Crippen LogP contribution < -0.4 is 4.74 Å². The molecule has 0 saturated carbocycles. The Kier molecular flexibility index (Phi) is 8.00. The highest BCUT2D eigenvalue weighted by atomic mass is 33.1. The number of benzene rings is 2. The third kappa shape index (κ3) is 6.58. The first-order chi connectivity index (χ1) is 11.2. The van der Waals surface area contributed by atoms with Crippen LogP contribution in [0.25, 0.3) is 0 Å². The molecule has 2 aromatic carbocycles. The molecule has 4 heteroatoms. The fourth-order valence-electron chi connectivity index (χ4n) is 1.95. The normalized spacial score (nSPS) is 11.1. The van der Waals surface area contributed by atoms with Gasteiger partial charge in [-0.15, -0.1) is 11.8 Å². The molecular weight excluding hydrogens is 340 g/mol. The number of hydrogen-bond donors (Lipinski definition) is 0. The van der Waals surface area contributed by atoms with Crippen molar-refractivity contribution in [3.8, 4) is 5.75 Å². The van der Waals surface area contributed by atoms with Gasteiger partial charge in [-0.3, -0.25) is 0 Å². The number of aryl methyl sites for hydroxylation is 2. The summed E-state index contributed by atoms with van der Waals surface area (Å²) >= 11 is 1.82. The smallest absolute Gasteiger partial charge is 0.119 e. The van der Waals surface area contributed by atoms with Crippen molar-refractivity contribution >= 4 is 33.3 Å². The van der Waals surface area contributed by atoms with Gasteiger partial charge in [-0.2, -0.15) is 0 Å². The van der Waals surface area contributed by atoms with Crippen molar-refractivity contribution in [2.24, 2.45) is 0 Å². The SMILES string of the molecule is COc1cccc(SC/C=C/SSCc2ccc(C)c(C)c2)c1. The van der Waals surface area contributed by atoms with Gasteiger partial charge >= 0.3 is 0 Å². The Morgan fingerprint density at radius 3 is 2.70 bits per heavy atom. The number of ether oxygens (including phenoxy) is 1. The van der Waals surface area contributed by atoms with Gasteiger partial charge in [0, 0.05) is 16.4 Å². The molecule has 0 aromatic heterocycles. The zero-order valence-corrected chi connectivity index (χ0v) is 16.2. The molecule has 122 valence electrons. The van der Waals surface area contributed by atoms with E-state index in [9.17, 15) is 0 Å². The molecule has 0 bridgehead atoms. The van der Waals surface area contributed by atoms with Gasteiger partial charge < -0.3 is 4.74 Å². The van der Waals surface area contributed by atoms with Crippen LogP contribution in [-0.4, -0.2) is 12.9 Å². The third-order valence-corrected chi connectivity index (χ3v) is 6.34. The molecule has 0 saturated heterocycles. The predicted molar refractivity (Wildman–Crippen MR) is 108 cm³/mol. The van der Waals surface area contributed by atoms with Crippen LogP contribution in [0.1, 0.15) is 16.7 Å². The van der Waals surface area contributed by atoms with Crippen molar-refractivity contribution in [1.29, 1.82) is 0 Å². The van der Waals surface area contributed by atoms with Gasteiger partial charge in [0.1, 0.15) is 5.75 Å². The summed E-state index contributed by atoms with van der Waals surface area (Å²) in [6.45, 7) is 4.33. The lowest BCUT2D eigenvalue weighted by Crippen LogP contribution is -1.84. The van der Waals surface area contributed by atoms with Gasteiger partial charge in [0.05, 0.1) is 7.11 Å². The zero-order chi connectivity index (χ0) is 16.5. The molecule has 0 N–H and O–H groups in total. The minimum Gasteiger partial charge on any atom is -0.497 e. The van der Waals surface area contributed by atoms with Crippen LogP contribution in [-0.2, 0) is 5.75 Å². The zero-order valence-electron chi connectivity index (χ0n) is 13.7. The Balaban J connectivity index is 1.66. The van der Waals surface area contributed by atoms with Crippen LogP contribution in [0.5, 0.6) is 5.75 Å². The van der Waals surface area contributed by atoms with E-state index < -0.39 is 0 Å². The van der Waals surface area contributed by atoms with E-state index in [1.165, 1.54) is 21.6 Å². The summed E-state index contributed by atoms with van der Waals surface area (Å²) in [7, 11) is 5.37. The Labute approximate surface area is 151 Å². The largest absolute Gasteiger partial charge is 0.497 e. The molecule has 0 amide bonds. The summed E-state index contributed by atoms with van der Waals surface area (Å²) < 4.78 is 5.23. The molecule has 23 heavy (non-hydrogen) atoms. The second-order valence-electron chi connectivity index (χ2n) is 5.14. The van der Waals surface area contributed by atoms with Crippen molar-refractivity contribution in [1.82, 2.24) is 0 Å².